The minimum absolute atomic E-state index is 0.0255. The van der Waals surface area contributed by atoms with E-state index < -0.39 is 9.84 Å². The number of amides is 1. The van der Waals surface area contributed by atoms with Crippen molar-refractivity contribution in [2.24, 2.45) is 0 Å². The van der Waals surface area contributed by atoms with Crippen LogP contribution in [0.1, 0.15) is 25.8 Å². The van der Waals surface area contributed by atoms with Gasteiger partial charge in [0.15, 0.2) is 9.84 Å². The fraction of sp³-hybridized carbons (Fsp3) is 0.533. The molecule has 0 aliphatic rings. The lowest BCUT2D eigenvalue weighted by Gasteiger charge is -2.24. The molecule has 0 saturated heterocycles. The van der Waals surface area contributed by atoms with Crippen LogP contribution in [0.3, 0.4) is 0 Å². The van der Waals surface area contributed by atoms with Crippen molar-refractivity contribution >= 4 is 15.7 Å². The maximum atomic E-state index is 12.8. The first-order chi connectivity index (χ1) is 9.75. The molecule has 21 heavy (non-hydrogen) atoms. The van der Waals surface area contributed by atoms with Gasteiger partial charge in [-0.1, -0.05) is 19.1 Å². The lowest BCUT2D eigenvalue weighted by molar-refractivity contribution is -0.131. The zero-order valence-corrected chi connectivity index (χ0v) is 13.5. The highest BCUT2D eigenvalue weighted by molar-refractivity contribution is 7.91. The van der Waals surface area contributed by atoms with E-state index >= 15 is 0 Å². The highest BCUT2D eigenvalue weighted by atomic mass is 32.2. The number of hydrogen-bond donors (Lipinski definition) is 0. The van der Waals surface area contributed by atoms with Gasteiger partial charge in [0, 0.05) is 25.3 Å². The van der Waals surface area contributed by atoms with E-state index in [1.54, 1.807) is 33.0 Å². The molecular weight excluding hydrogens is 293 g/mol. The standard InChI is InChI=1S/C15H22FNO3S/c1-4-21(19,20)11-12(2)17(3)15(18)10-7-13-5-8-14(16)9-6-13/h5-6,8-9,12H,4,7,10-11H2,1-3H3. The van der Waals surface area contributed by atoms with Crippen molar-refractivity contribution in [1.82, 2.24) is 4.90 Å². The third-order valence-corrected chi connectivity index (χ3v) is 5.40. The van der Waals surface area contributed by atoms with Gasteiger partial charge in [-0.3, -0.25) is 4.79 Å². The summed E-state index contributed by atoms with van der Waals surface area (Å²) in [6, 6.07) is 5.66. The van der Waals surface area contributed by atoms with Gasteiger partial charge < -0.3 is 4.90 Å². The second-order valence-electron chi connectivity index (χ2n) is 5.18. The number of halogens is 1. The van der Waals surface area contributed by atoms with Gasteiger partial charge in [0.05, 0.1) is 5.75 Å². The van der Waals surface area contributed by atoms with Gasteiger partial charge in [-0.25, -0.2) is 12.8 Å². The molecule has 0 heterocycles. The number of benzene rings is 1. The molecule has 0 aliphatic carbocycles. The third-order valence-electron chi connectivity index (χ3n) is 3.53. The van der Waals surface area contributed by atoms with E-state index in [1.165, 1.54) is 17.0 Å². The van der Waals surface area contributed by atoms with Crippen molar-refractivity contribution in [3.63, 3.8) is 0 Å². The summed E-state index contributed by atoms with van der Waals surface area (Å²) in [5.74, 6) is -0.365. The zero-order chi connectivity index (χ0) is 16.0. The topological polar surface area (TPSA) is 54.5 Å². The normalized spacial score (nSPS) is 13.0. The molecule has 6 heteroatoms. The van der Waals surface area contributed by atoms with E-state index in [1.807, 2.05) is 0 Å². The number of carbonyl (C=O) groups excluding carboxylic acids is 1. The Labute approximate surface area is 125 Å². The molecule has 4 nitrogen and oxygen atoms in total. The van der Waals surface area contributed by atoms with Crippen molar-refractivity contribution in [3.05, 3.63) is 35.6 Å². The summed E-state index contributed by atoms with van der Waals surface area (Å²) in [7, 11) is -1.49. The average Bonchev–Trinajstić information content (AvgIpc) is 2.45. The summed E-state index contributed by atoms with van der Waals surface area (Å²) in [5.41, 5.74) is 0.881. The molecule has 0 saturated carbocycles. The van der Waals surface area contributed by atoms with Crippen LogP contribution in [-0.4, -0.2) is 43.8 Å². The van der Waals surface area contributed by atoms with Crippen molar-refractivity contribution in [1.29, 1.82) is 0 Å². The quantitative estimate of drug-likeness (QED) is 0.774. The molecular formula is C15H22FNO3S. The monoisotopic (exact) mass is 315 g/mol. The van der Waals surface area contributed by atoms with E-state index in [0.717, 1.165) is 5.56 Å². The van der Waals surface area contributed by atoms with E-state index in [2.05, 4.69) is 0 Å². The molecule has 1 amide bonds. The molecule has 0 aliphatic heterocycles. The molecule has 0 N–H and O–H groups in total. The summed E-state index contributed by atoms with van der Waals surface area (Å²) < 4.78 is 35.9. The van der Waals surface area contributed by atoms with E-state index in [-0.39, 0.29) is 35.7 Å². The predicted octanol–water partition coefficient (Wildman–Crippen LogP) is 2.04. The average molecular weight is 315 g/mol. The number of rotatable bonds is 7. The molecule has 0 bridgehead atoms. The summed E-state index contributed by atoms with van der Waals surface area (Å²) in [6.45, 7) is 3.32. The number of carbonyl (C=O) groups is 1. The minimum Gasteiger partial charge on any atom is -0.342 e. The van der Waals surface area contributed by atoms with Crippen LogP contribution in [-0.2, 0) is 21.1 Å². The summed E-state index contributed by atoms with van der Waals surface area (Å²) in [4.78, 5) is 13.5. The molecule has 1 aromatic rings. The number of hydrogen-bond acceptors (Lipinski definition) is 3. The summed E-state index contributed by atoms with van der Waals surface area (Å²) in [6.07, 6.45) is 0.787. The van der Waals surface area contributed by atoms with Gasteiger partial charge >= 0.3 is 0 Å². The fourth-order valence-corrected chi connectivity index (χ4v) is 3.12. The zero-order valence-electron chi connectivity index (χ0n) is 12.7. The van der Waals surface area contributed by atoms with Crippen LogP contribution in [0.2, 0.25) is 0 Å². The van der Waals surface area contributed by atoms with Crippen LogP contribution in [0, 0.1) is 5.82 Å². The van der Waals surface area contributed by atoms with Crippen LogP contribution < -0.4 is 0 Å². The van der Waals surface area contributed by atoms with Gasteiger partial charge in [-0.2, -0.15) is 0 Å². The number of sulfone groups is 1. The van der Waals surface area contributed by atoms with Gasteiger partial charge in [0.2, 0.25) is 5.91 Å². The summed E-state index contributed by atoms with van der Waals surface area (Å²) >= 11 is 0. The number of aryl methyl sites for hydroxylation is 1. The first-order valence-corrected chi connectivity index (χ1v) is 8.78. The molecule has 118 valence electrons. The summed E-state index contributed by atoms with van der Waals surface area (Å²) in [5, 5.41) is 0. The molecule has 0 spiro atoms. The van der Waals surface area contributed by atoms with Crippen LogP contribution in [0.15, 0.2) is 24.3 Å². The molecule has 1 rings (SSSR count). The Morgan fingerprint density at radius 1 is 1.29 bits per heavy atom. The Bertz CT molecular complexity index is 569. The highest BCUT2D eigenvalue weighted by Gasteiger charge is 2.20. The SMILES string of the molecule is CCS(=O)(=O)CC(C)N(C)C(=O)CCc1ccc(F)cc1. The predicted molar refractivity (Wildman–Crippen MR) is 81.3 cm³/mol. The molecule has 1 atom stereocenters. The maximum absolute atomic E-state index is 12.8. The number of nitrogens with zero attached hydrogens (tertiary/aromatic N) is 1. The first-order valence-electron chi connectivity index (χ1n) is 6.95. The van der Waals surface area contributed by atoms with Crippen LogP contribution in [0.5, 0.6) is 0 Å². The van der Waals surface area contributed by atoms with Crippen molar-refractivity contribution in [3.8, 4) is 0 Å². The Hall–Kier alpha value is -1.43. The minimum atomic E-state index is -3.10. The highest BCUT2D eigenvalue weighted by Crippen LogP contribution is 2.09. The van der Waals surface area contributed by atoms with Crippen molar-refractivity contribution < 1.29 is 17.6 Å². The Morgan fingerprint density at radius 3 is 2.38 bits per heavy atom. The third kappa shape index (κ3) is 5.83. The smallest absolute Gasteiger partial charge is 0.222 e. The molecule has 0 fully saturated rings. The van der Waals surface area contributed by atoms with E-state index in [4.69, 9.17) is 0 Å². The van der Waals surface area contributed by atoms with Crippen LogP contribution in [0.4, 0.5) is 4.39 Å². The molecule has 1 aromatic carbocycles. The Balaban J connectivity index is 2.52. The lowest BCUT2D eigenvalue weighted by Crippen LogP contribution is -2.39. The van der Waals surface area contributed by atoms with E-state index in [0.29, 0.717) is 6.42 Å². The Kier molecular flexibility index (Phi) is 6.33. The maximum Gasteiger partial charge on any atom is 0.222 e. The fourth-order valence-electron chi connectivity index (χ4n) is 1.92. The second-order valence-corrected chi connectivity index (χ2v) is 7.58. The molecule has 0 aromatic heterocycles. The largest absolute Gasteiger partial charge is 0.342 e. The van der Waals surface area contributed by atoms with Gasteiger partial charge in [0.25, 0.3) is 0 Å². The van der Waals surface area contributed by atoms with Gasteiger partial charge in [-0.15, -0.1) is 0 Å². The molecule has 0 radical (unpaired) electrons. The van der Waals surface area contributed by atoms with Crippen LogP contribution in [0.25, 0.3) is 0 Å². The van der Waals surface area contributed by atoms with Crippen LogP contribution >= 0.6 is 0 Å². The lowest BCUT2D eigenvalue weighted by atomic mass is 10.1. The Morgan fingerprint density at radius 2 is 1.86 bits per heavy atom. The van der Waals surface area contributed by atoms with Gasteiger partial charge in [0.1, 0.15) is 5.82 Å². The van der Waals surface area contributed by atoms with Gasteiger partial charge in [-0.05, 0) is 31.0 Å². The molecule has 1 unspecified atom stereocenters. The van der Waals surface area contributed by atoms with Crippen molar-refractivity contribution in [2.45, 2.75) is 32.7 Å². The van der Waals surface area contributed by atoms with E-state index in [9.17, 15) is 17.6 Å². The van der Waals surface area contributed by atoms with Crippen molar-refractivity contribution in [2.75, 3.05) is 18.6 Å². The first kappa shape index (κ1) is 17.6. The second kappa shape index (κ2) is 7.54.